The maximum absolute atomic E-state index is 8.70. The summed E-state index contributed by atoms with van der Waals surface area (Å²) in [5.41, 5.74) is 1.25. The van der Waals surface area contributed by atoms with Crippen molar-refractivity contribution in [3.63, 3.8) is 0 Å². The number of hydrogen-bond donors (Lipinski definition) is 1. The molecule has 86 valence electrons. The van der Waals surface area contributed by atoms with Crippen molar-refractivity contribution < 1.29 is 4.52 Å². The lowest BCUT2D eigenvalue weighted by molar-refractivity contribution is 0.379. The molecule has 0 aliphatic heterocycles. The van der Waals surface area contributed by atoms with E-state index in [4.69, 9.17) is 21.4 Å². The van der Waals surface area contributed by atoms with Crippen LogP contribution in [0.4, 0.5) is 5.69 Å². The number of halogens is 1. The number of nitrogens with zero attached hydrogens (tertiary/aromatic N) is 3. The van der Waals surface area contributed by atoms with Gasteiger partial charge < -0.3 is 9.84 Å². The molecule has 0 radical (unpaired) electrons. The van der Waals surface area contributed by atoms with Crippen LogP contribution in [0.1, 0.15) is 17.3 Å². The molecule has 6 heteroatoms. The quantitative estimate of drug-likeness (QED) is 0.903. The van der Waals surface area contributed by atoms with Crippen LogP contribution in [0, 0.1) is 18.3 Å². The first-order chi connectivity index (χ1) is 8.19. The van der Waals surface area contributed by atoms with E-state index in [9.17, 15) is 0 Å². The van der Waals surface area contributed by atoms with E-state index in [0.717, 1.165) is 5.69 Å². The van der Waals surface area contributed by atoms with E-state index in [-0.39, 0.29) is 0 Å². The number of hydrogen-bond acceptors (Lipinski definition) is 5. The van der Waals surface area contributed by atoms with Gasteiger partial charge in [-0.25, -0.2) is 0 Å². The lowest BCUT2D eigenvalue weighted by Crippen LogP contribution is -2.00. The minimum atomic E-state index is 0.395. The first-order valence-electron chi connectivity index (χ1n) is 4.92. The van der Waals surface area contributed by atoms with Crippen molar-refractivity contribution in [1.82, 2.24) is 10.1 Å². The van der Waals surface area contributed by atoms with Gasteiger partial charge in [-0.2, -0.15) is 10.2 Å². The topological polar surface area (TPSA) is 74.7 Å². The van der Waals surface area contributed by atoms with E-state index in [1.165, 1.54) is 0 Å². The normalized spacial score (nSPS) is 9.94. The minimum Gasteiger partial charge on any atom is -0.375 e. The van der Waals surface area contributed by atoms with Crippen LogP contribution in [0.3, 0.4) is 0 Å². The van der Waals surface area contributed by atoms with Gasteiger partial charge in [0.1, 0.15) is 0 Å². The van der Waals surface area contributed by atoms with Gasteiger partial charge in [0.15, 0.2) is 5.82 Å². The van der Waals surface area contributed by atoms with Crippen LogP contribution in [-0.4, -0.2) is 10.1 Å². The molecule has 0 fully saturated rings. The van der Waals surface area contributed by atoms with Crippen LogP contribution in [-0.2, 0) is 6.54 Å². The number of aromatic nitrogens is 2. The van der Waals surface area contributed by atoms with Crippen molar-refractivity contribution in [3.8, 4) is 6.07 Å². The van der Waals surface area contributed by atoms with Crippen molar-refractivity contribution in [1.29, 1.82) is 5.26 Å². The highest BCUT2D eigenvalue weighted by molar-refractivity contribution is 6.33. The Morgan fingerprint density at radius 2 is 2.35 bits per heavy atom. The monoisotopic (exact) mass is 248 g/mol. The Morgan fingerprint density at radius 1 is 1.53 bits per heavy atom. The first kappa shape index (κ1) is 11.4. The maximum Gasteiger partial charge on any atom is 0.245 e. The third-order valence-corrected chi connectivity index (χ3v) is 2.41. The molecule has 17 heavy (non-hydrogen) atoms. The molecular formula is C11H9ClN4O. The van der Waals surface area contributed by atoms with Gasteiger partial charge in [-0.05, 0) is 25.1 Å². The predicted molar refractivity (Wildman–Crippen MR) is 62.5 cm³/mol. The molecule has 0 amide bonds. The summed E-state index contributed by atoms with van der Waals surface area (Å²) in [6, 6.07) is 7.05. The maximum atomic E-state index is 8.70. The van der Waals surface area contributed by atoms with Gasteiger partial charge in [0.05, 0.1) is 28.9 Å². The number of rotatable bonds is 3. The van der Waals surface area contributed by atoms with Crippen LogP contribution in [0.15, 0.2) is 22.7 Å². The predicted octanol–water partition coefficient (Wildman–Crippen LogP) is 2.52. The Bertz CT molecular complexity index is 573. The third kappa shape index (κ3) is 2.74. The average Bonchev–Trinajstić information content (AvgIpc) is 2.73. The molecule has 0 bridgehead atoms. The molecule has 2 rings (SSSR count). The molecule has 1 N–H and O–H groups in total. The molecule has 1 aromatic heterocycles. The fraction of sp³-hybridized carbons (Fsp3) is 0.182. The number of anilines is 1. The van der Waals surface area contributed by atoms with Crippen LogP contribution in [0.2, 0.25) is 5.02 Å². The summed E-state index contributed by atoms with van der Waals surface area (Å²) < 4.78 is 4.95. The Labute approximate surface area is 103 Å². The van der Waals surface area contributed by atoms with Gasteiger partial charge in [0.25, 0.3) is 0 Å². The minimum absolute atomic E-state index is 0.395. The van der Waals surface area contributed by atoms with Crippen molar-refractivity contribution >= 4 is 17.3 Å². The molecular weight excluding hydrogens is 240 g/mol. The Balaban J connectivity index is 2.07. The molecule has 5 nitrogen and oxygen atoms in total. The zero-order chi connectivity index (χ0) is 12.3. The van der Waals surface area contributed by atoms with Crippen LogP contribution in [0.25, 0.3) is 0 Å². The van der Waals surface area contributed by atoms with Gasteiger partial charge in [-0.1, -0.05) is 16.8 Å². The number of nitriles is 1. The highest BCUT2D eigenvalue weighted by Gasteiger charge is 2.05. The molecule has 2 aromatic rings. The van der Waals surface area contributed by atoms with Gasteiger partial charge in [0, 0.05) is 0 Å². The van der Waals surface area contributed by atoms with Crippen molar-refractivity contribution in [3.05, 3.63) is 40.5 Å². The first-order valence-corrected chi connectivity index (χ1v) is 5.29. The standard InChI is InChI=1S/C11H9ClN4O/c1-7-15-11(17-16-7)6-14-10-3-2-8(5-13)4-9(10)12/h2-4,14H,6H2,1H3. The van der Waals surface area contributed by atoms with E-state index >= 15 is 0 Å². The van der Waals surface area contributed by atoms with Crippen LogP contribution < -0.4 is 5.32 Å². The van der Waals surface area contributed by atoms with Crippen LogP contribution >= 0.6 is 11.6 Å². The summed E-state index contributed by atoms with van der Waals surface area (Å²) in [4.78, 5) is 4.05. The van der Waals surface area contributed by atoms with E-state index in [1.807, 2.05) is 6.07 Å². The molecule has 0 aliphatic rings. The van der Waals surface area contributed by atoms with Crippen molar-refractivity contribution in [2.45, 2.75) is 13.5 Å². The lowest BCUT2D eigenvalue weighted by atomic mass is 10.2. The Hall–Kier alpha value is -2.06. The number of nitrogens with one attached hydrogen (secondary N) is 1. The van der Waals surface area contributed by atoms with Gasteiger partial charge in [-0.3, -0.25) is 0 Å². The fourth-order valence-corrected chi connectivity index (χ4v) is 1.56. The Morgan fingerprint density at radius 3 is 2.94 bits per heavy atom. The molecule has 0 unspecified atom stereocenters. The van der Waals surface area contributed by atoms with E-state index in [0.29, 0.717) is 28.8 Å². The second-order valence-corrected chi connectivity index (χ2v) is 3.80. The summed E-state index contributed by atoms with van der Waals surface area (Å²) in [6.07, 6.45) is 0. The van der Waals surface area contributed by atoms with Crippen LogP contribution in [0.5, 0.6) is 0 Å². The Kier molecular flexibility index (Phi) is 3.26. The summed E-state index contributed by atoms with van der Waals surface area (Å²) in [7, 11) is 0. The highest BCUT2D eigenvalue weighted by Crippen LogP contribution is 2.23. The van der Waals surface area contributed by atoms with E-state index < -0.39 is 0 Å². The average molecular weight is 249 g/mol. The molecule has 1 heterocycles. The second kappa shape index (κ2) is 4.85. The zero-order valence-electron chi connectivity index (χ0n) is 9.07. The van der Waals surface area contributed by atoms with E-state index in [2.05, 4.69) is 15.5 Å². The fourth-order valence-electron chi connectivity index (χ4n) is 1.31. The summed E-state index contributed by atoms with van der Waals surface area (Å²) >= 11 is 6.00. The molecule has 0 saturated carbocycles. The second-order valence-electron chi connectivity index (χ2n) is 3.40. The van der Waals surface area contributed by atoms with Gasteiger partial charge in [0.2, 0.25) is 5.89 Å². The zero-order valence-corrected chi connectivity index (χ0v) is 9.82. The SMILES string of the molecule is Cc1noc(CNc2ccc(C#N)cc2Cl)n1. The van der Waals surface area contributed by atoms with Gasteiger partial charge in [-0.15, -0.1) is 0 Å². The van der Waals surface area contributed by atoms with E-state index in [1.54, 1.807) is 25.1 Å². The molecule has 0 atom stereocenters. The number of benzene rings is 1. The third-order valence-electron chi connectivity index (χ3n) is 2.10. The van der Waals surface area contributed by atoms with Crippen molar-refractivity contribution in [2.24, 2.45) is 0 Å². The molecule has 0 saturated heterocycles. The smallest absolute Gasteiger partial charge is 0.245 e. The van der Waals surface area contributed by atoms with Crippen molar-refractivity contribution in [2.75, 3.05) is 5.32 Å². The largest absolute Gasteiger partial charge is 0.375 e. The summed E-state index contributed by atoms with van der Waals surface area (Å²) in [6.45, 7) is 2.15. The molecule has 0 aliphatic carbocycles. The molecule has 1 aromatic carbocycles. The summed E-state index contributed by atoms with van der Waals surface area (Å²) in [5.74, 6) is 1.08. The highest BCUT2D eigenvalue weighted by atomic mass is 35.5. The lowest BCUT2D eigenvalue weighted by Gasteiger charge is -2.05. The van der Waals surface area contributed by atoms with Gasteiger partial charge >= 0.3 is 0 Å². The number of aryl methyl sites for hydroxylation is 1. The summed E-state index contributed by atoms with van der Waals surface area (Å²) in [5, 5.41) is 15.9. The molecule has 0 spiro atoms.